The molecular weight excluding hydrogens is 260 g/mol. The SMILES string of the molecule is Cc1ccc([N+](=O)[O-])cc1N(C)CC1(O)CCOCC1. The van der Waals surface area contributed by atoms with Crippen LogP contribution in [0.25, 0.3) is 0 Å². The Morgan fingerprint density at radius 3 is 2.70 bits per heavy atom. The fourth-order valence-electron chi connectivity index (χ4n) is 2.56. The van der Waals surface area contributed by atoms with E-state index in [1.54, 1.807) is 12.1 Å². The molecule has 0 amide bonds. The number of nitro benzene ring substituents is 1. The molecule has 0 radical (unpaired) electrons. The highest BCUT2D eigenvalue weighted by atomic mass is 16.6. The van der Waals surface area contributed by atoms with E-state index in [1.165, 1.54) is 6.07 Å². The lowest BCUT2D eigenvalue weighted by molar-refractivity contribution is -0.384. The van der Waals surface area contributed by atoms with Crippen LogP contribution in [-0.4, -0.2) is 42.4 Å². The monoisotopic (exact) mass is 280 g/mol. The van der Waals surface area contributed by atoms with Crippen molar-refractivity contribution in [1.82, 2.24) is 0 Å². The van der Waals surface area contributed by atoms with Gasteiger partial charge >= 0.3 is 0 Å². The summed E-state index contributed by atoms with van der Waals surface area (Å²) in [6.45, 7) is 3.46. The molecule has 110 valence electrons. The lowest BCUT2D eigenvalue weighted by atomic mass is 9.93. The second kappa shape index (κ2) is 5.76. The first-order valence-corrected chi connectivity index (χ1v) is 6.68. The van der Waals surface area contributed by atoms with Crippen LogP contribution in [0.4, 0.5) is 11.4 Å². The first-order valence-electron chi connectivity index (χ1n) is 6.68. The van der Waals surface area contributed by atoms with E-state index in [4.69, 9.17) is 4.74 Å². The predicted molar refractivity (Wildman–Crippen MR) is 76.1 cm³/mol. The molecule has 1 aromatic carbocycles. The standard InChI is InChI=1S/C14H20N2O4/c1-11-3-4-12(16(18)19)9-13(11)15(2)10-14(17)5-7-20-8-6-14/h3-4,9,17H,5-8,10H2,1-2H3. The van der Waals surface area contributed by atoms with Gasteiger partial charge in [-0.15, -0.1) is 0 Å². The van der Waals surface area contributed by atoms with Gasteiger partial charge in [0.2, 0.25) is 0 Å². The number of ether oxygens (including phenoxy) is 1. The highest BCUT2D eigenvalue weighted by Crippen LogP contribution is 2.28. The maximum atomic E-state index is 10.9. The van der Waals surface area contributed by atoms with Gasteiger partial charge < -0.3 is 14.7 Å². The number of aliphatic hydroxyl groups is 1. The zero-order valence-electron chi connectivity index (χ0n) is 11.8. The van der Waals surface area contributed by atoms with Crippen LogP contribution in [0, 0.1) is 17.0 Å². The van der Waals surface area contributed by atoms with E-state index in [2.05, 4.69) is 0 Å². The van der Waals surface area contributed by atoms with E-state index in [0.29, 0.717) is 32.6 Å². The number of nitrogens with zero attached hydrogens (tertiary/aromatic N) is 2. The van der Waals surface area contributed by atoms with Crippen LogP contribution >= 0.6 is 0 Å². The Morgan fingerprint density at radius 1 is 1.45 bits per heavy atom. The molecule has 2 rings (SSSR count). The third kappa shape index (κ3) is 3.26. The number of hydrogen-bond acceptors (Lipinski definition) is 5. The van der Waals surface area contributed by atoms with Gasteiger partial charge in [0.05, 0.1) is 10.5 Å². The van der Waals surface area contributed by atoms with Gasteiger partial charge in [-0.25, -0.2) is 0 Å². The molecule has 0 spiro atoms. The first kappa shape index (κ1) is 14.7. The molecule has 1 aliphatic heterocycles. The number of hydrogen-bond donors (Lipinski definition) is 1. The molecule has 1 aliphatic rings. The molecular formula is C14H20N2O4. The predicted octanol–water partition coefficient (Wildman–Crippen LogP) is 1.88. The Kier molecular flexibility index (Phi) is 4.25. The second-order valence-electron chi connectivity index (χ2n) is 5.42. The zero-order valence-corrected chi connectivity index (χ0v) is 11.8. The van der Waals surface area contributed by atoms with Crippen LogP contribution in [-0.2, 0) is 4.74 Å². The van der Waals surface area contributed by atoms with Crippen molar-refractivity contribution in [1.29, 1.82) is 0 Å². The highest BCUT2D eigenvalue weighted by molar-refractivity contribution is 5.58. The van der Waals surface area contributed by atoms with Crippen molar-refractivity contribution in [3.05, 3.63) is 33.9 Å². The fraction of sp³-hybridized carbons (Fsp3) is 0.571. The third-order valence-corrected chi connectivity index (χ3v) is 3.77. The van der Waals surface area contributed by atoms with Gasteiger partial charge in [-0.05, 0) is 12.5 Å². The van der Waals surface area contributed by atoms with Crippen molar-refractivity contribution >= 4 is 11.4 Å². The van der Waals surface area contributed by atoms with Gasteiger partial charge in [-0.1, -0.05) is 6.07 Å². The van der Waals surface area contributed by atoms with Gasteiger partial charge in [0.15, 0.2) is 0 Å². The minimum atomic E-state index is -0.788. The Hall–Kier alpha value is -1.66. The van der Waals surface area contributed by atoms with Crippen LogP contribution in [0.1, 0.15) is 18.4 Å². The van der Waals surface area contributed by atoms with Crippen LogP contribution < -0.4 is 4.90 Å². The minimum Gasteiger partial charge on any atom is -0.388 e. The summed E-state index contributed by atoms with van der Waals surface area (Å²) in [7, 11) is 1.85. The summed E-state index contributed by atoms with van der Waals surface area (Å²) in [6, 6.07) is 4.78. The molecule has 0 atom stereocenters. The summed E-state index contributed by atoms with van der Waals surface area (Å²) in [5.41, 5.74) is 1.01. The fourth-order valence-corrected chi connectivity index (χ4v) is 2.56. The minimum absolute atomic E-state index is 0.0661. The van der Waals surface area contributed by atoms with E-state index in [-0.39, 0.29) is 5.69 Å². The molecule has 0 aliphatic carbocycles. The van der Waals surface area contributed by atoms with Crippen LogP contribution in [0.5, 0.6) is 0 Å². The first-order chi connectivity index (χ1) is 9.41. The van der Waals surface area contributed by atoms with Crippen molar-refractivity contribution in [2.75, 3.05) is 31.7 Å². The van der Waals surface area contributed by atoms with Gasteiger partial charge in [0, 0.05) is 57.5 Å². The number of anilines is 1. The molecule has 6 heteroatoms. The van der Waals surface area contributed by atoms with Crippen LogP contribution in [0.3, 0.4) is 0 Å². The third-order valence-electron chi connectivity index (χ3n) is 3.77. The topological polar surface area (TPSA) is 75.8 Å². The highest BCUT2D eigenvalue weighted by Gasteiger charge is 2.31. The number of likely N-dealkylation sites (N-methyl/N-ethyl adjacent to an activating group) is 1. The number of aryl methyl sites for hydroxylation is 1. The molecule has 1 fully saturated rings. The van der Waals surface area contributed by atoms with Gasteiger partial charge in [0.25, 0.3) is 5.69 Å². The lowest BCUT2D eigenvalue weighted by Crippen LogP contribution is -2.45. The number of rotatable bonds is 4. The van der Waals surface area contributed by atoms with E-state index in [9.17, 15) is 15.2 Å². The second-order valence-corrected chi connectivity index (χ2v) is 5.42. The number of benzene rings is 1. The largest absolute Gasteiger partial charge is 0.388 e. The van der Waals surface area contributed by atoms with Crippen molar-refractivity contribution in [2.24, 2.45) is 0 Å². The van der Waals surface area contributed by atoms with Crippen molar-refractivity contribution in [3.63, 3.8) is 0 Å². The molecule has 20 heavy (non-hydrogen) atoms. The molecule has 1 aromatic rings. The smallest absolute Gasteiger partial charge is 0.271 e. The summed E-state index contributed by atoms with van der Waals surface area (Å²) in [6.07, 6.45) is 1.18. The summed E-state index contributed by atoms with van der Waals surface area (Å²) in [5.74, 6) is 0. The maximum Gasteiger partial charge on any atom is 0.271 e. The van der Waals surface area contributed by atoms with E-state index in [1.807, 2.05) is 18.9 Å². The molecule has 0 unspecified atom stereocenters. The average molecular weight is 280 g/mol. The van der Waals surface area contributed by atoms with Crippen molar-refractivity contribution in [2.45, 2.75) is 25.4 Å². The number of nitro groups is 1. The molecule has 1 N–H and O–H groups in total. The van der Waals surface area contributed by atoms with Crippen molar-refractivity contribution in [3.8, 4) is 0 Å². The normalized spacial score (nSPS) is 17.8. The van der Waals surface area contributed by atoms with Gasteiger partial charge in [-0.3, -0.25) is 10.1 Å². The van der Waals surface area contributed by atoms with Gasteiger partial charge in [-0.2, -0.15) is 0 Å². The molecule has 0 bridgehead atoms. The maximum absolute atomic E-state index is 10.9. The average Bonchev–Trinajstić information content (AvgIpc) is 2.39. The van der Waals surface area contributed by atoms with E-state index in [0.717, 1.165) is 11.3 Å². The van der Waals surface area contributed by atoms with Crippen LogP contribution in [0.15, 0.2) is 18.2 Å². The Balaban J connectivity index is 2.17. The Morgan fingerprint density at radius 2 is 2.10 bits per heavy atom. The summed E-state index contributed by atoms with van der Waals surface area (Å²) in [5, 5.41) is 21.4. The molecule has 0 saturated carbocycles. The summed E-state index contributed by atoms with van der Waals surface area (Å²) in [4.78, 5) is 12.3. The van der Waals surface area contributed by atoms with Crippen molar-refractivity contribution < 1.29 is 14.8 Å². The molecule has 1 saturated heterocycles. The number of non-ortho nitro benzene ring substituents is 1. The molecule has 1 heterocycles. The van der Waals surface area contributed by atoms with E-state index < -0.39 is 10.5 Å². The molecule has 6 nitrogen and oxygen atoms in total. The van der Waals surface area contributed by atoms with Gasteiger partial charge in [0.1, 0.15) is 0 Å². The summed E-state index contributed by atoms with van der Waals surface area (Å²) < 4.78 is 5.26. The molecule has 0 aromatic heterocycles. The zero-order chi connectivity index (χ0) is 14.8. The Labute approximate surface area is 118 Å². The quantitative estimate of drug-likeness (QED) is 0.673. The van der Waals surface area contributed by atoms with E-state index >= 15 is 0 Å². The Bertz CT molecular complexity index is 498. The van der Waals surface area contributed by atoms with Crippen LogP contribution in [0.2, 0.25) is 0 Å². The summed E-state index contributed by atoms with van der Waals surface area (Å²) >= 11 is 0. The lowest BCUT2D eigenvalue weighted by Gasteiger charge is -2.36.